The average Bonchev–Trinajstić information content (AvgIpc) is 2.98. The maximum absolute atomic E-state index is 12.3. The number of rotatable bonds is 3. The average molecular weight is 360 g/mol. The van der Waals surface area contributed by atoms with Crippen molar-refractivity contribution in [2.75, 3.05) is 7.11 Å². The number of hydrogen-bond donors (Lipinski definition) is 3. The van der Waals surface area contributed by atoms with Crippen molar-refractivity contribution in [2.24, 2.45) is 5.73 Å². The largest absolute Gasteiger partial charge is 0.497 e. The molecule has 3 rings (SSSR count). The summed E-state index contributed by atoms with van der Waals surface area (Å²) in [6.07, 6.45) is 0. The summed E-state index contributed by atoms with van der Waals surface area (Å²) in [5.41, 5.74) is 8.92. The van der Waals surface area contributed by atoms with Gasteiger partial charge < -0.3 is 19.9 Å². The third-order valence-corrected chi connectivity index (χ3v) is 3.38. The Labute approximate surface area is 150 Å². The summed E-state index contributed by atoms with van der Waals surface area (Å²) in [7, 11) is 1.57. The topological polar surface area (TPSA) is 102 Å². The van der Waals surface area contributed by atoms with Crippen molar-refractivity contribution in [3.05, 3.63) is 60.3 Å². The third kappa shape index (κ3) is 3.67. The molecule has 1 heterocycles. The highest BCUT2D eigenvalue weighted by Gasteiger charge is 2.19. The summed E-state index contributed by atoms with van der Waals surface area (Å²) in [5, 5.41) is 7.79. The number of hydroxylamine groups is 1. The zero-order valence-corrected chi connectivity index (χ0v) is 14.1. The fraction of sp³-hybridized carbons (Fsp3) is 0.0588. The SMILES string of the molecule is COc1ccc2c([c]c(C(=O)ONC(=N)N)n2-c2ccccc2)c1.Cl. The lowest BCUT2D eigenvalue weighted by atomic mass is 10.2. The summed E-state index contributed by atoms with van der Waals surface area (Å²) in [4.78, 5) is 17.2. The predicted molar refractivity (Wildman–Crippen MR) is 96.4 cm³/mol. The highest BCUT2D eigenvalue weighted by atomic mass is 35.5. The van der Waals surface area contributed by atoms with Crippen LogP contribution in [0.15, 0.2) is 48.5 Å². The number of aromatic nitrogens is 1. The number of ether oxygens (including phenoxy) is 1. The second-order valence-corrected chi connectivity index (χ2v) is 4.93. The van der Waals surface area contributed by atoms with Gasteiger partial charge in [0, 0.05) is 17.1 Å². The van der Waals surface area contributed by atoms with Crippen LogP contribution < -0.4 is 16.0 Å². The highest BCUT2D eigenvalue weighted by Crippen LogP contribution is 2.27. The summed E-state index contributed by atoms with van der Waals surface area (Å²) < 4.78 is 6.94. The maximum Gasteiger partial charge on any atom is 0.380 e. The smallest absolute Gasteiger partial charge is 0.380 e. The lowest BCUT2D eigenvalue weighted by Crippen LogP contribution is -2.33. The normalized spacial score (nSPS) is 9.96. The number of guanidine groups is 1. The minimum absolute atomic E-state index is 0. The van der Waals surface area contributed by atoms with Gasteiger partial charge in [0.05, 0.1) is 12.6 Å². The molecule has 25 heavy (non-hydrogen) atoms. The first-order valence-corrected chi connectivity index (χ1v) is 7.08. The van der Waals surface area contributed by atoms with Gasteiger partial charge in [-0.2, -0.15) is 5.48 Å². The Hall–Kier alpha value is -3.19. The van der Waals surface area contributed by atoms with Crippen molar-refractivity contribution < 1.29 is 14.4 Å². The van der Waals surface area contributed by atoms with Crippen LogP contribution in [0.5, 0.6) is 5.75 Å². The Morgan fingerprint density at radius 1 is 1.24 bits per heavy atom. The van der Waals surface area contributed by atoms with Crippen LogP contribution in [0.2, 0.25) is 0 Å². The number of hydrogen-bond acceptors (Lipinski definition) is 4. The van der Waals surface area contributed by atoms with E-state index in [2.05, 4.69) is 6.07 Å². The zero-order chi connectivity index (χ0) is 17.1. The van der Waals surface area contributed by atoms with Crippen molar-refractivity contribution in [3.63, 3.8) is 0 Å². The molecule has 0 fully saturated rings. The van der Waals surface area contributed by atoms with E-state index in [4.69, 9.17) is 20.7 Å². The molecular formula is C17H16ClN4O3. The van der Waals surface area contributed by atoms with Crippen LogP contribution in [-0.2, 0) is 4.84 Å². The maximum atomic E-state index is 12.3. The molecule has 0 aliphatic carbocycles. The van der Waals surface area contributed by atoms with Crippen LogP contribution in [0.25, 0.3) is 16.6 Å². The number of methoxy groups -OCH3 is 1. The summed E-state index contributed by atoms with van der Waals surface area (Å²) in [6.45, 7) is 0. The van der Waals surface area contributed by atoms with Gasteiger partial charge in [-0.05, 0) is 30.3 Å². The van der Waals surface area contributed by atoms with E-state index >= 15 is 0 Å². The van der Waals surface area contributed by atoms with Gasteiger partial charge in [0.2, 0.25) is 5.96 Å². The molecule has 129 valence electrons. The first-order chi connectivity index (χ1) is 11.6. The van der Waals surface area contributed by atoms with E-state index in [0.29, 0.717) is 11.1 Å². The number of fused-ring (bicyclic) bond motifs is 1. The molecule has 3 aromatic rings. The molecule has 0 atom stereocenters. The molecule has 0 saturated carbocycles. The molecule has 4 N–H and O–H groups in total. The van der Waals surface area contributed by atoms with E-state index in [0.717, 1.165) is 11.2 Å². The van der Waals surface area contributed by atoms with Crippen molar-refractivity contribution in [1.29, 1.82) is 5.41 Å². The molecule has 0 aliphatic heterocycles. The Bertz CT molecular complexity index is 909. The van der Waals surface area contributed by atoms with Crippen molar-refractivity contribution in [2.45, 2.75) is 0 Å². The second kappa shape index (κ2) is 7.59. The number of carbonyl (C=O) groups is 1. The quantitative estimate of drug-likeness (QED) is 0.378. The Morgan fingerprint density at radius 3 is 2.60 bits per heavy atom. The van der Waals surface area contributed by atoms with Gasteiger partial charge in [0.25, 0.3) is 0 Å². The summed E-state index contributed by atoms with van der Waals surface area (Å²) >= 11 is 0. The molecule has 0 amide bonds. The Morgan fingerprint density at radius 2 is 1.96 bits per heavy atom. The molecule has 0 unspecified atom stereocenters. The van der Waals surface area contributed by atoms with Gasteiger partial charge in [-0.15, -0.1) is 12.4 Å². The standard InChI is InChI=1S/C17H15N4O3.ClH/c1-23-13-7-8-14-11(9-13)10-15(16(22)24-20-17(18)19)21(14)12-5-3-2-4-6-12;/h2-9H,1H3,(H4,18,19,20);1H. The molecule has 0 aliphatic rings. The highest BCUT2D eigenvalue weighted by molar-refractivity contribution is 5.97. The van der Waals surface area contributed by atoms with Gasteiger partial charge in [-0.3, -0.25) is 5.41 Å². The van der Waals surface area contributed by atoms with Gasteiger partial charge in [0.1, 0.15) is 11.4 Å². The van der Waals surface area contributed by atoms with Crippen LogP contribution in [0.1, 0.15) is 10.5 Å². The minimum atomic E-state index is -0.704. The van der Waals surface area contributed by atoms with Gasteiger partial charge >= 0.3 is 5.97 Å². The van der Waals surface area contributed by atoms with E-state index in [1.54, 1.807) is 23.8 Å². The van der Waals surface area contributed by atoms with E-state index in [1.807, 2.05) is 41.9 Å². The van der Waals surface area contributed by atoms with E-state index in [1.165, 1.54) is 0 Å². The van der Waals surface area contributed by atoms with Gasteiger partial charge in [0.15, 0.2) is 0 Å². The first kappa shape index (κ1) is 18.2. The van der Waals surface area contributed by atoms with Crippen LogP contribution in [0, 0.1) is 11.5 Å². The second-order valence-electron chi connectivity index (χ2n) is 4.93. The van der Waals surface area contributed by atoms with Crippen LogP contribution >= 0.6 is 12.4 Å². The molecule has 0 saturated heterocycles. The van der Waals surface area contributed by atoms with Gasteiger partial charge in [-0.1, -0.05) is 18.2 Å². The molecule has 1 aromatic heterocycles. The van der Waals surface area contributed by atoms with Crippen LogP contribution in [0.4, 0.5) is 0 Å². The number of carbonyl (C=O) groups excluding carboxylic acids is 1. The predicted octanol–water partition coefficient (Wildman–Crippen LogP) is 2.42. The molecule has 0 spiro atoms. The Balaban J connectivity index is 0.00000225. The van der Waals surface area contributed by atoms with Crippen molar-refractivity contribution >= 4 is 35.2 Å². The van der Waals surface area contributed by atoms with E-state index < -0.39 is 11.9 Å². The number of nitrogens with zero attached hydrogens (tertiary/aromatic N) is 1. The number of nitrogens with two attached hydrogens (primary N) is 1. The molecule has 7 nitrogen and oxygen atoms in total. The van der Waals surface area contributed by atoms with Crippen molar-refractivity contribution in [3.8, 4) is 11.4 Å². The molecule has 8 heteroatoms. The number of para-hydroxylation sites is 1. The lowest BCUT2D eigenvalue weighted by molar-refractivity contribution is 0.0373. The number of benzene rings is 2. The van der Waals surface area contributed by atoms with Gasteiger partial charge in [-0.25, -0.2) is 4.79 Å². The first-order valence-electron chi connectivity index (χ1n) is 7.08. The summed E-state index contributed by atoms with van der Waals surface area (Å²) in [6, 6.07) is 17.8. The van der Waals surface area contributed by atoms with E-state index in [9.17, 15) is 4.79 Å². The monoisotopic (exact) mass is 359 g/mol. The molecule has 0 bridgehead atoms. The lowest BCUT2D eigenvalue weighted by Gasteiger charge is -2.10. The minimum Gasteiger partial charge on any atom is -0.497 e. The third-order valence-electron chi connectivity index (χ3n) is 3.38. The fourth-order valence-electron chi connectivity index (χ4n) is 2.38. The van der Waals surface area contributed by atoms with Crippen LogP contribution in [-0.4, -0.2) is 23.6 Å². The zero-order valence-electron chi connectivity index (χ0n) is 13.3. The van der Waals surface area contributed by atoms with Crippen LogP contribution in [0.3, 0.4) is 0 Å². The summed E-state index contributed by atoms with van der Waals surface area (Å²) in [5.74, 6) is -0.512. The van der Waals surface area contributed by atoms with Crippen molar-refractivity contribution in [1.82, 2.24) is 10.0 Å². The Kier molecular flexibility index (Phi) is 5.51. The number of nitrogens with one attached hydrogen (secondary N) is 2. The molecule has 2 aromatic carbocycles. The number of halogens is 1. The molecule has 1 radical (unpaired) electrons. The fourth-order valence-corrected chi connectivity index (χ4v) is 2.38. The van der Waals surface area contributed by atoms with E-state index in [-0.39, 0.29) is 18.1 Å². The molecular weight excluding hydrogens is 344 g/mol.